The van der Waals surface area contributed by atoms with Gasteiger partial charge < -0.3 is 15.8 Å². The summed E-state index contributed by atoms with van der Waals surface area (Å²) in [6.45, 7) is 7.31. The SMILES string of the molecule is C=C(C)COCCNC(=O)C1CCC(N)C1. The Hall–Kier alpha value is -0.870. The normalized spacial score (nSPS) is 24.4. The van der Waals surface area contributed by atoms with Crippen LogP contribution in [0.25, 0.3) is 0 Å². The summed E-state index contributed by atoms with van der Waals surface area (Å²) in [5, 5.41) is 2.87. The lowest BCUT2D eigenvalue weighted by atomic mass is 10.1. The van der Waals surface area contributed by atoms with Crippen LogP contribution in [0.15, 0.2) is 12.2 Å². The third-order valence-corrected chi connectivity index (χ3v) is 2.74. The highest BCUT2D eigenvalue weighted by Crippen LogP contribution is 2.23. The Kier molecular flexibility index (Phi) is 5.49. The Morgan fingerprint density at radius 1 is 1.56 bits per heavy atom. The lowest BCUT2D eigenvalue weighted by Crippen LogP contribution is -2.33. The van der Waals surface area contributed by atoms with Gasteiger partial charge >= 0.3 is 0 Å². The van der Waals surface area contributed by atoms with Gasteiger partial charge in [-0.3, -0.25) is 4.79 Å². The van der Waals surface area contributed by atoms with E-state index in [1.54, 1.807) is 0 Å². The summed E-state index contributed by atoms with van der Waals surface area (Å²) in [6.07, 6.45) is 2.70. The maximum absolute atomic E-state index is 11.6. The molecule has 0 aliphatic heterocycles. The second kappa shape index (κ2) is 6.66. The Morgan fingerprint density at radius 2 is 2.31 bits per heavy atom. The molecule has 1 fully saturated rings. The molecule has 0 aromatic rings. The first-order chi connectivity index (χ1) is 7.59. The van der Waals surface area contributed by atoms with Gasteiger partial charge in [0.1, 0.15) is 0 Å². The Balaban J connectivity index is 2.04. The molecular formula is C12H22N2O2. The van der Waals surface area contributed by atoms with E-state index < -0.39 is 0 Å². The average Bonchev–Trinajstić information content (AvgIpc) is 2.63. The van der Waals surface area contributed by atoms with Gasteiger partial charge in [0.25, 0.3) is 0 Å². The molecule has 0 bridgehead atoms. The highest BCUT2D eigenvalue weighted by molar-refractivity contribution is 5.78. The van der Waals surface area contributed by atoms with Crippen LogP contribution in [0.5, 0.6) is 0 Å². The van der Waals surface area contributed by atoms with Gasteiger partial charge in [0.2, 0.25) is 5.91 Å². The van der Waals surface area contributed by atoms with E-state index in [-0.39, 0.29) is 17.9 Å². The molecule has 0 spiro atoms. The maximum Gasteiger partial charge on any atom is 0.223 e. The first-order valence-corrected chi connectivity index (χ1v) is 5.85. The van der Waals surface area contributed by atoms with Crippen LogP contribution in [0.4, 0.5) is 0 Å². The second-order valence-electron chi connectivity index (χ2n) is 4.57. The lowest BCUT2D eigenvalue weighted by molar-refractivity contribution is -0.125. The molecule has 3 N–H and O–H groups in total. The van der Waals surface area contributed by atoms with Crippen LogP contribution in [-0.2, 0) is 9.53 Å². The summed E-state index contributed by atoms with van der Waals surface area (Å²) in [5.74, 6) is 0.225. The number of nitrogens with one attached hydrogen (secondary N) is 1. The minimum Gasteiger partial charge on any atom is -0.375 e. The van der Waals surface area contributed by atoms with E-state index in [0.717, 1.165) is 24.8 Å². The molecule has 0 aromatic heterocycles. The smallest absolute Gasteiger partial charge is 0.223 e. The molecule has 1 amide bonds. The molecule has 0 heterocycles. The fraction of sp³-hybridized carbons (Fsp3) is 0.750. The van der Waals surface area contributed by atoms with Gasteiger partial charge in [0, 0.05) is 18.5 Å². The zero-order chi connectivity index (χ0) is 12.0. The van der Waals surface area contributed by atoms with Crippen LogP contribution in [0.1, 0.15) is 26.2 Å². The van der Waals surface area contributed by atoms with E-state index in [1.807, 2.05) is 6.92 Å². The molecule has 1 aliphatic rings. The molecule has 2 unspecified atom stereocenters. The number of carbonyl (C=O) groups excluding carboxylic acids is 1. The molecule has 1 aliphatic carbocycles. The number of nitrogens with two attached hydrogens (primary N) is 1. The number of hydrogen-bond donors (Lipinski definition) is 2. The van der Waals surface area contributed by atoms with Crippen molar-refractivity contribution in [1.82, 2.24) is 5.32 Å². The van der Waals surface area contributed by atoms with E-state index in [4.69, 9.17) is 10.5 Å². The second-order valence-corrected chi connectivity index (χ2v) is 4.57. The van der Waals surface area contributed by atoms with Crippen molar-refractivity contribution in [1.29, 1.82) is 0 Å². The van der Waals surface area contributed by atoms with Gasteiger partial charge in [0.05, 0.1) is 13.2 Å². The third kappa shape index (κ3) is 4.77. The summed E-state index contributed by atoms with van der Waals surface area (Å²) in [5.41, 5.74) is 6.75. The molecular weight excluding hydrogens is 204 g/mol. The topological polar surface area (TPSA) is 64.3 Å². The molecule has 1 saturated carbocycles. The van der Waals surface area contributed by atoms with Gasteiger partial charge in [-0.2, -0.15) is 0 Å². The van der Waals surface area contributed by atoms with E-state index in [9.17, 15) is 4.79 Å². The first-order valence-electron chi connectivity index (χ1n) is 5.85. The predicted molar refractivity (Wildman–Crippen MR) is 64.0 cm³/mol. The molecule has 92 valence electrons. The van der Waals surface area contributed by atoms with Gasteiger partial charge in [-0.05, 0) is 26.2 Å². The molecule has 2 atom stereocenters. The van der Waals surface area contributed by atoms with Crippen molar-refractivity contribution >= 4 is 5.91 Å². The van der Waals surface area contributed by atoms with Crippen LogP contribution in [0, 0.1) is 5.92 Å². The zero-order valence-corrected chi connectivity index (χ0v) is 10.00. The monoisotopic (exact) mass is 226 g/mol. The molecule has 4 nitrogen and oxygen atoms in total. The van der Waals surface area contributed by atoms with Crippen molar-refractivity contribution in [3.8, 4) is 0 Å². The van der Waals surface area contributed by atoms with Crippen LogP contribution in [0.2, 0.25) is 0 Å². The van der Waals surface area contributed by atoms with Gasteiger partial charge in [-0.1, -0.05) is 12.2 Å². The highest BCUT2D eigenvalue weighted by atomic mass is 16.5. The maximum atomic E-state index is 11.6. The molecule has 0 saturated heterocycles. The number of carbonyl (C=O) groups is 1. The summed E-state index contributed by atoms with van der Waals surface area (Å²) >= 11 is 0. The van der Waals surface area contributed by atoms with Crippen molar-refractivity contribution < 1.29 is 9.53 Å². The molecule has 1 rings (SSSR count). The van der Waals surface area contributed by atoms with Crippen molar-refractivity contribution in [2.45, 2.75) is 32.2 Å². The minimum absolute atomic E-state index is 0.108. The average molecular weight is 226 g/mol. The summed E-state index contributed by atoms with van der Waals surface area (Å²) in [4.78, 5) is 11.6. The summed E-state index contributed by atoms with van der Waals surface area (Å²) in [6, 6.07) is 0.204. The van der Waals surface area contributed by atoms with Gasteiger partial charge in [0.15, 0.2) is 0 Å². The van der Waals surface area contributed by atoms with Crippen LogP contribution >= 0.6 is 0 Å². The van der Waals surface area contributed by atoms with Gasteiger partial charge in [-0.25, -0.2) is 0 Å². The van der Waals surface area contributed by atoms with E-state index in [1.165, 1.54) is 0 Å². The molecule has 4 heteroatoms. The number of ether oxygens (including phenoxy) is 1. The molecule has 16 heavy (non-hydrogen) atoms. The van der Waals surface area contributed by atoms with Crippen molar-refractivity contribution in [2.24, 2.45) is 11.7 Å². The van der Waals surface area contributed by atoms with Crippen molar-refractivity contribution in [3.05, 3.63) is 12.2 Å². The van der Waals surface area contributed by atoms with Crippen LogP contribution in [-0.4, -0.2) is 31.7 Å². The van der Waals surface area contributed by atoms with Crippen LogP contribution in [0.3, 0.4) is 0 Å². The minimum atomic E-state index is 0.108. The predicted octanol–water partition coefficient (Wildman–Crippen LogP) is 0.823. The van der Waals surface area contributed by atoms with E-state index in [0.29, 0.717) is 19.8 Å². The van der Waals surface area contributed by atoms with Crippen molar-refractivity contribution in [3.63, 3.8) is 0 Å². The highest BCUT2D eigenvalue weighted by Gasteiger charge is 2.27. The molecule has 0 aromatic carbocycles. The van der Waals surface area contributed by atoms with Crippen LogP contribution < -0.4 is 11.1 Å². The third-order valence-electron chi connectivity index (χ3n) is 2.74. The largest absolute Gasteiger partial charge is 0.375 e. The summed E-state index contributed by atoms with van der Waals surface area (Å²) in [7, 11) is 0. The fourth-order valence-corrected chi connectivity index (χ4v) is 1.89. The fourth-order valence-electron chi connectivity index (χ4n) is 1.89. The molecule has 0 radical (unpaired) electrons. The lowest BCUT2D eigenvalue weighted by Gasteiger charge is -2.10. The summed E-state index contributed by atoms with van der Waals surface area (Å²) < 4.78 is 5.29. The Morgan fingerprint density at radius 3 is 2.88 bits per heavy atom. The van der Waals surface area contributed by atoms with E-state index >= 15 is 0 Å². The van der Waals surface area contributed by atoms with E-state index in [2.05, 4.69) is 11.9 Å². The number of amides is 1. The standard InChI is InChI=1S/C12H22N2O2/c1-9(2)8-16-6-5-14-12(15)10-3-4-11(13)7-10/h10-11H,1,3-8,13H2,2H3,(H,14,15). The number of rotatable bonds is 6. The Bertz CT molecular complexity index is 253. The quantitative estimate of drug-likeness (QED) is 0.520. The Labute approximate surface area is 97.2 Å². The zero-order valence-electron chi connectivity index (χ0n) is 10.00. The van der Waals surface area contributed by atoms with Crippen molar-refractivity contribution in [2.75, 3.05) is 19.8 Å². The number of hydrogen-bond acceptors (Lipinski definition) is 3. The first kappa shape index (κ1) is 13.2. The van der Waals surface area contributed by atoms with Gasteiger partial charge in [-0.15, -0.1) is 0 Å².